The molecule has 4 nitrogen and oxygen atoms in total. The quantitative estimate of drug-likeness (QED) is 0.830. The molecule has 98 valence electrons. The predicted octanol–water partition coefficient (Wildman–Crippen LogP) is 3.83. The van der Waals surface area contributed by atoms with Gasteiger partial charge in [0.2, 0.25) is 0 Å². The summed E-state index contributed by atoms with van der Waals surface area (Å²) in [5.41, 5.74) is 0.450. The van der Waals surface area contributed by atoms with Gasteiger partial charge in [0, 0.05) is 12.2 Å². The molecular formula is C12H14Cl2N2O2. The molecule has 0 radical (unpaired) electrons. The third-order valence-electron chi connectivity index (χ3n) is 3.16. The van der Waals surface area contributed by atoms with Crippen molar-refractivity contribution in [3.8, 4) is 0 Å². The first-order valence-electron chi connectivity index (χ1n) is 5.93. The maximum absolute atomic E-state index is 11.1. The van der Waals surface area contributed by atoms with Gasteiger partial charge in [0.25, 0.3) is 0 Å². The number of nitrogens with zero attached hydrogens (tertiary/aromatic N) is 1. The van der Waals surface area contributed by atoms with Gasteiger partial charge in [0.05, 0.1) is 5.69 Å². The van der Waals surface area contributed by atoms with Crippen LogP contribution in [-0.4, -0.2) is 22.1 Å². The summed E-state index contributed by atoms with van der Waals surface area (Å²) in [6.45, 7) is 0. The van der Waals surface area contributed by atoms with Crippen LogP contribution in [0.4, 0.5) is 5.69 Å². The lowest BCUT2D eigenvalue weighted by atomic mass is 9.95. The Morgan fingerprint density at radius 3 is 2.61 bits per heavy atom. The van der Waals surface area contributed by atoms with Crippen molar-refractivity contribution in [3.05, 3.63) is 21.9 Å². The highest BCUT2D eigenvalue weighted by Gasteiger charge is 2.21. The minimum Gasteiger partial charge on any atom is -0.478 e. The highest BCUT2D eigenvalue weighted by atomic mass is 35.5. The molecule has 0 aromatic carbocycles. The summed E-state index contributed by atoms with van der Waals surface area (Å²) < 4.78 is 0. The second-order valence-electron chi connectivity index (χ2n) is 4.44. The molecule has 1 aromatic heterocycles. The number of hydrogen-bond donors (Lipinski definition) is 2. The normalized spacial score (nSPS) is 16.6. The first-order chi connectivity index (χ1) is 8.59. The molecule has 1 aliphatic rings. The van der Waals surface area contributed by atoms with Crippen LogP contribution >= 0.6 is 23.2 Å². The molecule has 2 rings (SSSR count). The van der Waals surface area contributed by atoms with Crippen LogP contribution in [0, 0.1) is 0 Å². The van der Waals surface area contributed by atoms with E-state index in [1.54, 1.807) is 0 Å². The predicted molar refractivity (Wildman–Crippen MR) is 71.7 cm³/mol. The Morgan fingerprint density at radius 1 is 1.33 bits per heavy atom. The molecule has 0 spiro atoms. The molecule has 0 atom stereocenters. The van der Waals surface area contributed by atoms with E-state index in [4.69, 9.17) is 28.3 Å². The van der Waals surface area contributed by atoms with Gasteiger partial charge in [-0.05, 0) is 12.8 Å². The zero-order chi connectivity index (χ0) is 13.1. The van der Waals surface area contributed by atoms with E-state index in [0.29, 0.717) is 5.69 Å². The SMILES string of the molecule is O=C(O)c1cnc(Cl)c(Cl)c1NC1CCCCC1. The molecule has 0 bridgehead atoms. The Hall–Kier alpha value is -1.00. The number of nitrogens with one attached hydrogen (secondary N) is 1. The summed E-state index contributed by atoms with van der Waals surface area (Å²) in [6.07, 6.45) is 6.81. The van der Waals surface area contributed by atoms with Gasteiger partial charge in [-0.1, -0.05) is 42.5 Å². The van der Waals surface area contributed by atoms with E-state index < -0.39 is 5.97 Å². The monoisotopic (exact) mass is 288 g/mol. The number of rotatable bonds is 3. The second kappa shape index (κ2) is 5.76. The van der Waals surface area contributed by atoms with Crippen LogP contribution in [0.15, 0.2) is 6.20 Å². The number of aromatic nitrogens is 1. The van der Waals surface area contributed by atoms with Gasteiger partial charge >= 0.3 is 5.97 Å². The first kappa shape index (κ1) is 13.4. The number of pyridine rings is 1. The smallest absolute Gasteiger partial charge is 0.339 e. The summed E-state index contributed by atoms with van der Waals surface area (Å²) >= 11 is 11.9. The number of aromatic carboxylic acids is 1. The van der Waals surface area contributed by atoms with E-state index in [1.807, 2.05) is 0 Å². The van der Waals surface area contributed by atoms with Gasteiger partial charge in [-0.2, -0.15) is 0 Å². The highest BCUT2D eigenvalue weighted by molar-refractivity contribution is 6.43. The number of hydrogen-bond acceptors (Lipinski definition) is 3. The standard InChI is InChI=1S/C12H14Cl2N2O2/c13-9-10(16-7-4-2-1-3-5-7)8(12(17)18)6-15-11(9)14/h6-7H,1-5H2,(H,15,16)(H,17,18). The maximum atomic E-state index is 11.1. The van der Waals surface area contributed by atoms with Gasteiger partial charge in [0.1, 0.15) is 15.7 Å². The lowest BCUT2D eigenvalue weighted by Gasteiger charge is -2.25. The molecule has 1 saturated carbocycles. The average Bonchev–Trinajstić information content (AvgIpc) is 2.36. The molecule has 1 fully saturated rings. The van der Waals surface area contributed by atoms with E-state index in [0.717, 1.165) is 25.7 Å². The van der Waals surface area contributed by atoms with Crippen molar-refractivity contribution in [1.82, 2.24) is 4.98 Å². The lowest BCUT2D eigenvalue weighted by molar-refractivity contribution is 0.0697. The third kappa shape index (κ3) is 2.87. The Morgan fingerprint density at radius 2 is 2.00 bits per heavy atom. The third-order valence-corrected chi connectivity index (χ3v) is 3.91. The highest BCUT2D eigenvalue weighted by Crippen LogP contribution is 2.33. The van der Waals surface area contributed by atoms with E-state index in [1.165, 1.54) is 12.6 Å². The largest absolute Gasteiger partial charge is 0.478 e. The van der Waals surface area contributed by atoms with Crippen molar-refractivity contribution in [2.75, 3.05) is 5.32 Å². The van der Waals surface area contributed by atoms with Crippen molar-refractivity contribution in [2.45, 2.75) is 38.1 Å². The fourth-order valence-electron chi connectivity index (χ4n) is 2.22. The van der Waals surface area contributed by atoms with Crippen LogP contribution in [0.25, 0.3) is 0 Å². The molecule has 0 saturated heterocycles. The fourth-order valence-corrected chi connectivity index (χ4v) is 2.57. The van der Waals surface area contributed by atoms with Crippen LogP contribution in [0.5, 0.6) is 0 Å². The maximum Gasteiger partial charge on any atom is 0.339 e. The number of carboxylic acids is 1. The minimum absolute atomic E-state index is 0.0648. The topological polar surface area (TPSA) is 62.2 Å². The van der Waals surface area contributed by atoms with Gasteiger partial charge in [-0.25, -0.2) is 9.78 Å². The average molecular weight is 289 g/mol. The van der Waals surface area contributed by atoms with Crippen molar-refractivity contribution in [1.29, 1.82) is 0 Å². The molecule has 0 aliphatic heterocycles. The molecule has 1 aliphatic carbocycles. The fraction of sp³-hybridized carbons (Fsp3) is 0.500. The van der Waals surface area contributed by atoms with Gasteiger partial charge in [-0.3, -0.25) is 0 Å². The first-order valence-corrected chi connectivity index (χ1v) is 6.69. The van der Waals surface area contributed by atoms with E-state index in [2.05, 4.69) is 10.3 Å². The molecule has 18 heavy (non-hydrogen) atoms. The van der Waals surface area contributed by atoms with E-state index >= 15 is 0 Å². The van der Waals surface area contributed by atoms with Crippen molar-refractivity contribution in [2.24, 2.45) is 0 Å². The van der Waals surface area contributed by atoms with E-state index in [-0.39, 0.29) is 21.8 Å². The van der Waals surface area contributed by atoms with Crippen LogP contribution < -0.4 is 5.32 Å². The van der Waals surface area contributed by atoms with Crippen LogP contribution in [-0.2, 0) is 0 Å². The van der Waals surface area contributed by atoms with Gasteiger partial charge in [-0.15, -0.1) is 0 Å². The van der Waals surface area contributed by atoms with Crippen LogP contribution in [0.3, 0.4) is 0 Å². The number of carbonyl (C=O) groups is 1. The Bertz CT molecular complexity index is 460. The summed E-state index contributed by atoms with van der Waals surface area (Å²) in [5.74, 6) is -1.06. The second-order valence-corrected chi connectivity index (χ2v) is 5.17. The molecule has 6 heteroatoms. The molecule has 0 unspecified atom stereocenters. The summed E-state index contributed by atoms with van der Waals surface area (Å²) in [7, 11) is 0. The summed E-state index contributed by atoms with van der Waals surface area (Å²) in [5, 5.41) is 12.6. The molecule has 1 heterocycles. The van der Waals surface area contributed by atoms with Crippen LogP contribution in [0.1, 0.15) is 42.5 Å². The zero-order valence-corrected chi connectivity index (χ0v) is 11.3. The van der Waals surface area contributed by atoms with E-state index in [9.17, 15) is 4.79 Å². The Labute approximate surface area is 115 Å². The Kier molecular flexibility index (Phi) is 4.30. The molecule has 0 amide bonds. The molecule has 2 N–H and O–H groups in total. The van der Waals surface area contributed by atoms with Crippen LogP contribution in [0.2, 0.25) is 10.2 Å². The van der Waals surface area contributed by atoms with Crippen molar-refractivity contribution >= 4 is 34.9 Å². The number of anilines is 1. The lowest BCUT2D eigenvalue weighted by Crippen LogP contribution is -2.24. The molecular weight excluding hydrogens is 275 g/mol. The summed E-state index contributed by atoms with van der Waals surface area (Å²) in [4.78, 5) is 14.9. The van der Waals surface area contributed by atoms with Gasteiger partial charge < -0.3 is 10.4 Å². The zero-order valence-electron chi connectivity index (χ0n) is 9.75. The van der Waals surface area contributed by atoms with Crippen molar-refractivity contribution in [3.63, 3.8) is 0 Å². The summed E-state index contributed by atoms with van der Waals surface area (Å²) in [6, 6.07) is 0.257. The number of carboxylic acid groups (broad SMARTS) is 1. The number of halogens is 2. The Balaban J connectivity index is 2.29. The minimum atomic E-state index is -1.06. The molecule has 1 aromatic rings. The van der Waals surface area contributed by atoms with Crippen molar-refractivity contribution < 1.29 is 9.90 Å². The van der Waals surface area contributed by atoms with Gasteiger partial charge in [0.15, 0.2) is 0 Å².